The van der Waals surface area contributed by atoms with Crippen molar-refractivity contribution in [2.45, 2.75) is 45.7 Å². The molecule has 3 aromatic rings. The molecule has 136 valence electrons. The highest BCUT2D eigenvalue weighted by Crippen LogP contribution is 2.31. The molecular weight excluding hydrogens is 352 g/mol. The van der Waals surface area contributed by atoms with E-state index >= 15 is 0 Å². The molecule has 4 rings (SSSR count). The minimum absolute atomic E-state index is 0.142. The second kappa shape index (κ2) is 6.52. The van der Waals surface area contributed by atoms with Crippen molar-refractivity contribution in [3.05, 3.63) is 52.3 Å². The van der Waals surface area contributed by atoms with Crippen LogP contribution in [0.1, 0.15) is 43.8 Å². The molecule has 0 fully saturated rings. The van der Waals surface area contributed by atoms with Crippen molar-refractivity contribution in [3.63, 3.8) is 0 Å². The van der Waals surface area contributed by atoms with Gasteiger partial charge in [-0.2, -0.15) is 4.98 Å². The first-order valence-corrected chi connectivity index (χ1v) is 9.07. The Morgan fingerprint density at radius 3 is 2.58 bits per heavy atom. The van der Waals surface area contributed by atoms with Gasteiger partial charge in [-0.1, -0.05) is 54.8 Å². The lowest BCUT2D eigenvalue weighted by atomic mass is 9.97. The fraction of sp³-hybridized carbons (Fsp3) is 0.421. The summed E-state index contributed by atoms with van der Waals surface area (Å²) in [4.78, 5) is 6.82. The van der Waals surface area contributed by atoms with E-state index in [1.165, 1.54) is 0 Å². The summed E-state index contributed by atoms with van der Waals surface area (Å²) in [7, 11) is 0. The number of aromatic nitrogens is 3. The van der Waals surface area contributed by atoms with E-state index in [0.717, 1.165) is 42.1 Å². The number of hydrogen-bond acceptors (Lipinski definition) is 6. The van der Waals surface area contributed by atoms with Gasteiger partial charge in [-0.15, -0.1) is 0 Å². The van der Waals surface area contributed by atoms with E-state index in [4.69, 9.17) is 20.6 Å². The summed E-state index contributed by atoms with van der Waals surface area (Å²) in [5.74, 6) is 2.33. The largest absolute Gasteiger partial charge is 0.360 e. The maximum absolute atomic E-state index is 5.99. The van der Waals surface area contributed by atoms with Crippen LogP contribution >= 0.6 is 11.6 Å². The summed E-state index contributed by atoms with van der Waals surface area (Å²) < 4.78 is 11.0. The SMILES string of the molecule is CC(C)(C)c1nc(CN2CCc3onc(-c4ccc(Cl)cc4)c3C2)no1. The molecule has 1 aliphatic rings. The molecule has 0 radical (unpaired) electrons. The minimum atomic E-state index is -0.142. The molecule has 1 aliphatic heterocycles. The fourth-order valence-corrected chi connectivity index (χ4v) is 3.18. The molecular formula is C19H21ClN4O2. The van der Waals surface area contributed by atoms with Gasteiger partial charge in [0.2, 0.25) is 5.89 Å². The van der Waals surface area contributed by atoms with Crippen molar-refractivity contribution in [1.29, 1.82) is 0 Å². The summed E-state index contributed by atoms with van der Waals surface area (Å²) in [5.41, 5.74) is 2.87. The van der Waals surface area contributed by atoms with E-state index in [0.29, 0.717) is 23.3 Å². The molecule has 0 spiro atoms. The van der Waals surface area contributed by atoms with Crippen LogP contribution in [0.4, 0.5) is 0 Å². The second-order valence-electron chi connectivity index (χ2n) is 7.67. The van der Waals surface area contributed by atoms with Crippen molar-refractivity contribution in [3.8, 4) is 11.3 Å². The molecule has 3 heterocycles. The Kier molecular flexibility index (Phi) is 4.32. The topological polar surface area (TPSA) is 68.2 Å². The van der Waals surface area contributed by atoms with Crippen LogP contribution in [0.15, 0.2) is 33.3 Å². The van der Waals surface area contributed by atoms with Crippen LogP contribution < -0.4 is 0 Å². The Hall–Kier alpha value is -2.18. The molecule has 6 nitrogen and oxygen atoms in total. The van der Waals surface area contributed by atoms with Crippen LogP contribution in [0, 0.1) is 0 Å². The van der Waals surface area contributed by atoms with Crippen LogP contribution in [0.3, 0.4) is 0 Å². The number of hydrogen-bond donors (Lipinski definition) is 0. The predicted molar refractivity (Wildman–Crippen MR) is 97.8 cm³/mol. The Bertz CT molecular complexity index is 909. The summed E-state index contributed by atoms with van der Waals surface area (Å²) in [6, 6.07) is 7.67. The lowest BCUT2D eigenvalue weighted by Crippen LogP contribution is -2.30. The molecule has 0 N–H and O–H groups in total. The van der Waals surface area contributed by atoms with E-state index in [2.05, 4.69) is 41.0 Å². The first-order valence-electron chi connectivity index (χ1n) is 8.69. The Balaban J connectivity index is 1.53. The van der Waals surface area contributed by atoms with Crippen LogP contribution in [0.5, 0.6) is 0 Å². The van der Waals surface area contributed by atoms with Crippen LogP contribution in [0.25, 0.3) is 11.3 Å². The van der Waals surface area contributed by atoms with Gasteiger partial charge in [-0.05, 0) is 12.1 Å². The first-order chi connectivity index (χ1) is 12.4. The van der Waals surface area contributed by atoms with E-state index in [1.54, 1.807) is 0 Å². The highest BCUT2D eigenvalue weighted by molar-refractivity contribution is 6.30. The van der Waals surface area contributed by atoms with Crippen molar-refractivity contribution in [2.75, 3.05) is 6.54 Å². The number of fused-ring (bicyclic) bond motifs is 1. The van der Waals surface area contributed by atoms with Crippen molar-refractivity contribution >= 4 is 11.6 Å². The smallest absolute Gasteiger partial charge is 0.232 e. The Labute approximate surface area is 157 Å². The molecule has 0 aliphatic carbocycles. The number of nitrogens with zero attached hydrogens (tertiary/aromatic N) is 4. The monoisotopic (exact) mass is 372 g/mol. The van der Waals surface area contributed by atoms with Crippen LogP contribution in [-0.4, -0.2) is 26.7 Å². The average Bonchev–Trinajstić information content (AvgIpc) is 3.22. The van der Waals surface area contributed by atoms with Gasteiger partial charge < -0.3 is 9.05 Å². The van der Waals surface area contributed by atoms with E-state index < -0.39 is 0 Å². The molecule has 2 aromatic heterocycles. The zero-order valence-electron chi connectivity index (χ0n) is 15.1. The van der Waals surface area contributed by atoms with Gasteiger partial charge in [-0.3, -0.25) is 4.90 Å². The first kappa shape index (κ1) is 17.2. The van der Waals surface area contributed by atoms with Crippen molar-refractivity contribution in [2.24, 2.45) is 0 Å². The summed E-state index contributed by atoms with van der Waals surface area (Å²) in [6.07, 6.45) is 0.819. The molecule has 0 bridgehead atoms. The standard InChI is InChI=1S/C19H21ClN4O2/c1-19(2,3)18-21-16(22-26-18)11-24-9-8-15-14(10-24)17(23-25-15)12-4-6-13(20)7-5-12/h4-7H,8-11H2,1-3H3. The summed E-state index contributed by atoms with van der Waals surface area (Å²) >= 11 is 5.99. The van der Waals surface area contributed by atoms with Gasteiger partial charge in [0.25, 0.3) is 0 Å². The van der Waals surface area contributed by atoms with Crippen molar-refractivity contribution < 1.29 is 9.05 Å². The molecule has 0 saturated heterocycles. The normalized spacial score (nSPS) is 15.2. The third kappa shape index (κ3) is 3.39. The molecule has 0 amide bonds. The van der Waals surface area contributed by atoms with E-state index in [9.17, 15) is 0 Å². The number of rotatable bonds is 3. The number of halogens is 1. The lowest BCUT2D eigenvalue weighted by Gasteiger charge is -2.24. The van der Waals surface area contributed by atoms with Crippen LogP contribution in [0.2, 0.25) is 5.02 Å². The zero-order chi connectivity index (χ0) is 18.3. The number of benzene rings is 1. The summed E-state index contributed by atoms with van der Waals surface area (Å²) in [6.45, 7) is 8.45. The summed E-state index contributed by atoms with van der Waals surface area (Å²) in [5, 5.41) is 9.12. The lowest BCUT2D eigenvalue weighted by molar-refractivity contribution is 0.220. The van der Waals surface area contributed by atoms with Gasteiger partial charge in [0.05, 0.1) is 6.54 Å². The second-order valence-corrected chi connectivity index (χ2v) is 8.10. The quantitative estimate of drug-likeness (QED) is 0.685. The predicted octanol–water partition coefficient (Wildman–Crippen LogP) is 4.23. The highest BCUT2D eigenvalue weighted by atomic mass is 35.5. The average molecular weight is 373 g/mol. The van der Waals surface area contributed by atoms with Gasteiger partial charge in [0.15, 0.2) is 5.82 Å². The molecule has 7 heteroatoms. The van der Waals surface area contributed by atoms with Gasteiger partial charge >= 0.3 is 0 Å². The van der Waals surface area contributed by atoms with E-state index in [-0.39, 0.29) is 5.41 Å². The van der Waals surface area contributed by atoms with Gasteiger partial charge in [0, 0.05) is 41.1 Å². The molecule has 0 unspecified atom stereocenters. The van der Waals surface area contributed by atoms with Crippen molar-refractivity contribution in [1.82, 2.24) is 20.2 Å². The third-order valence-electron chi connectivity index (χ3n) is 4.50. The third-order valence-corrected chi connectivity index (χ3v) is 4.75. The maximum atomic E-state index is 5.99. The maximum Gasteiger partial charge on any atom is 0.232 e. The molecule has 0 atom stereocenters. The molecule has 26 heavy (non-hydrogen) atoms. The molecule has 1 aromatic carbocycles. The molecule has 0 saturated carbocycles. The van der Waals surface area contributed by atoms with Gasteiger partial charge in [0.1, 0.15) is 11.5 Å². The fourth-order valence-electron chi connectivity index (χ4n) is 3.06. The van der Waals surface area contributed by atoms with Crippen LogP contribution in [-0.2, 0) is 24.9 Å². The highest BCUT2D eigenvalue weighted by Gasteiger charge is 2.27. The minimum Gasteiger partial charge on any atom is -0.360 e. The Morgan fingerprint density at radius 2 is 1.88 bits per heavy atom. The Morgan fingerprint density at radius 1 is 1.12 bits per heavy atom. The zero-order valence-corrected chi connectivity index (χ0v) is 15.9. The van der Waals surface area contributed by atoms with E-state index in [1.807, 2.05) is 24.3 Å². The van der Waals surface area contributed by atoms with Gasteiger partial charge in [-0.25, -0.2) is 0 Å².